The van der Waals surface area contributed by atoms with E-state index in [4.69, 9.17) is 5.73 Å². The summed E-state index contributed by atoms with van der Waals surface area (Å²) >= 11 is 0. The molecule has 1 amide bonds. The quantitative estimate of drug-likeness (QED) is 0.824. The largest absolute Gasteiger partial charge is 0.347 e. The first-order chi connectivity index (χ1) is 10.1. The number of hydrogen-bond acceptors (Lipinski definition) is 3. The Morgan fingerprint density at radius 2 is 2.19 bits per heavy atom. The van der Waals surface area contributed by atoms with E-state index < -0.39 is 0 Å². The molecule has 1 heterocycles. The van der Waals surface area contributed by atoms with Crippen molar-refractivity contribution in [2.45, 2.75) is 13.5 Å². The summed E-state index contributed by atoms with van der Waals surface area (Å²) in [6.07, 6.45) is 0. The number of nitrogens with two attached hydrogens (primary N) is 1. The van der Waals surface area contributed by atoms with Gasteiger partial charge in [-0.15, -0.1) is 0 Å². The molecule has 21 heavy (non-hydrogen) atoms. The Bertz CT molecular complexity index is 707. The van der Waals surface area contributed by atoms with E-state index >= 15 is 0 Å². The van der Waals surface area contributed by atoms with E-state index in [2.05, 4.69) is 22.3 Å². The molecule has 5 nitrogen and oxygen atoms in total. The Hall–Kier alpha value is -2.58. The summed E-state index contributed by atoms with van der Waals surface area (Å²) in [6.45, 7) is 2.59. The van der Waals surface area contributed by atoms with Gasteiger partial charge in [0, 0.05) is 19.2 Å². The smallest absolute Gasteiger partial charge is 0.269 e. The fourth-order valence-corrected chi connectivity index (χ4v) is 2.03. The highest BCUT2D eigenvalue weighted by molar-refractivity contribution is 5.92. The molecule has 0 aliphatic heterocycles. The number of aromatic nitrogens is 2. The molecular formula is C16H18N4O. The average Bonchev–Trinajstić information content (AvgIpc) is 2.82. The molecule has 108 valence electrons. The zero-order valence-corrected chi connectivity index (χ0v) is 12.2. The number of aryl methyl sites for hydroxylation is 2. The minimum Gasteiger partial charge on any atom is -0.347 e. The summed E-state index contributed by atoms with van der Waals surface area (Å²) in [5.41, 5.74) is 8.59. The van der Waals surface area contributed by atoms with Crippen LogP contribution in [-0.4, -0.2) is 22.2 Å². The highest BCUT2D eigenvalue weighted by atomic mass is 16.2. The first-order valence-electron chi connectivity index (χ1n) is 6.67. The van der Waals surface area contributed by atoms with E-state index in [9.17, 15) is 4.79 Å². The van der Waals surface area contributed by atoms with Crippen LogP contribution < -0.4 is 11.1 Å². The first-order valence-corrected chi connectivity index (χ1v) is 6.67. The molecule has 0 aliphatic rings. The summed E-state index contributed by atoms with van der Waals surface area (Å²) < 4.78 is 1.57. The molecule has 0 fully saturated rings. The van der Waals surface area contributed by atoms with E-state index in [1.54, 1.807) is 17.8 Å². The average molecular weight is 282 g/mol. The Balaban J connectivity index is 2.10. The van der Waals surface area contributed by atoms with E-state index in [1.165, 1.54) is 0 Å². The second-order valence-electron chi connectivity index (χ2n) is 4.64. The molecule has 0 radical (unpaired) electrons. The van der Waals surface area contributed by atoms with Gasteiger partial charge >= 0.3 is 0 Å². The predicted molar refractivity (Wildman–Crippen MR) is 81.5 cm³/mol. The lowest BCUT2D eigenvalue weighted by Crippen LogP contribution is -2.25. The van der Waals surface area contributed by atoms with Crippen molar-refractivity contribution in [3.8, 4) is 11.8 Å². The van der Waals surface area contributed by atoms with E-state index in [1.807, 2.05) is 31.2 Å². The van der Waals surface area contributed by atoms with Crippen LogP contribution in [0.2, 0.25) is 0 Å². The zero-order valence-electron chi connectivity index (χ0n) is 12.2. The van der Waals surface area contributed by atoms with Crippen LogP contribution in [0.4, 0.5) is 0 Å². The van der Waals surface area contributed by atoms with E-state index in [0.717, 1.165) is 16.8 Å². The number of carbonyl (C=O) groups is 1. The fraction of sp³-hybridized carbons (Fsp3) is 0.250. The maximum atomic E-state index is 12.1. The lowest BCUT2D eigenvalue weighted by Gasteiger charge is -2.07. The van der Waals surface area contributed by atoms with E-state index in [0.29, 0.717) is 18.8 Å². The fourth-order valence-electron chi connectivity index (χ4n) is 2.03. The van der Waals surface area contributed by atoms with Crippen molar-refractivity contribution >= 4 is 5.91 Å². The van der Waals surface area contributed by atoms with Gasteiger partial charge in [-0.3, -0.25) is 9.48 Å². The molecule has 0 saturated carbocycles. The van der Waals surface area contributed by atoms with Gasteiger partial charge in [0.1, 0.15) is 5.69 Å². The summed E-state index contributed by atoms with van der Waals surface area (Å²) in [5, 5.41) is 7.05. The van der Waals surface area contributed by atoms with Crippen LogP contribution >= 0.6 is 0 Å². The molecule has 1 aromatic carbocycles. The molecule has 5 heteroatoms. The first kappa shape index (κ1) is 14.8. The van der Waals surface area contributed by atoms with Gasteiger partial charge in [-0.2, -0.15) is 5.10 Å². The molecule has 0 atom stereocenters. The third-order valence-corrected chi connectivity index (χ3v) is 3.02. The van der Waals surface area contributed by atoms with Gasteiger partial charge in [-0.25, -0.2) is 0 Å². The van der Waals surface area contributed by atoms with Gasteiger partial charge in [0.25, 0.3) is 5.91 Å². The predicted octanol–water partition coefficient (Wildman–Crippen LogP) is 0.969. The minimum atomic E-state index is -0.153. The van der Waals surface area contributed by atoms with Gasteiger partial charge in [0.2, 0.25) is 0 Å². The summed E-state index contributed by atoms with van der Waals surface area (Å²) in [7, 11) is 1.75. The third kappa shape index (κ3) is 3.71. The maximum Gasteiger partial charge on any atom is 0.269 e. The number of amides is 1. The van der Waals surface area contributed by atoms with Gasteiger partial charge < -0.3 is 11.1 Å². The standard InChI is InChI=1S/C16H18N4O/c1-12-10-15(20(2)19-12)16(21)18-11-14-7-4-3-6-13(14)8-5-9-17/h3-4,6-7,10H,9,11,17H2,1-2H3,(H,18,21). The zero-order chi connectivity index (χ0) is 15.2. The summed E-state index contributed by atoms with van der Waals surface area (Å²) in [6, 6.07) is 9.45. The second-order valence-corrected chi connectivity index (χ2v) is 4.64. The molecule has 0 bridgehead atoms. The van der Waals surface area contributed by atoms with Crippen molar-refractivity contribution in [1.82, 2.24) is 15.1 Å². The van der Waals surface area contributed by atoms with Crippen LogP contribution in [0.5, 0.6) is 0 Å². The van der Waals surface area contributed by atoms with Crippen molar-refractivity contribution in [2.75, 3.05) is 6.54 Å². The van der Waals surface area contributed by atoms with Crippen molar-refractivity contribution < 1.29 is 4.79 Å². The van der Waals surface area contributed by atoms with Gasteiger partial charge in [-0.05, 0) is 24.6 Å². The molecule has 1 aromatic heterocycles. The van der Waals surface area contributed by atoms with Crippen LogP contribution in [-0.2, 0) is 13.6 Å². The highest BCUT2D eigenvalue weighted by Gasteiger charge is 2.11. The minimum absolute atomic E-state index is 0.153. The normalized spacial score (nSPS) is 9.86. The molecule has 0 unspecified atom stereocenters. The van der Waals surface area contributed by atoms with Crippen LogP contribution in [0, 0.1) is 18.8 Å². The van der Waals surface area contributed by atoms with Gasteiger partial charge in [-0.1, -0.05) is 30.0 Å². The maximum absolute atomic E-state index is 12.1. The van der Waals surface area contributed by atoms with Crippen LogP contribution in [0.15, 0.2) is 30.3 Å². The Labute approximate surface area is 124 Å². The molecule has 0 spiro atoms. The molecule has 2 rings (SSSR count). The van der Waals surface area contributed by atoms with Crippen LogP contribution in [0.3, 0.4) is 0 Å². The molecule has 3 N–H and O–H groups in total. The van der Waals surface area contributed by atoms with Crippen LogP contribution in [0.25, 0.3) is 0 Å². The van der Waals surface area contributed by atoms with E-state index in [-0.39, 0.29) is 5.91 Å². The number of benzene rings is 1. The molecule has 0 aliphatic carbocycles. The topological polar surface area (TPSA) is 72.9 Å². The second kappa shape index (κ2) is 6.73. The molecule has 2 aromatic rings. The van der Waals surface area contributed by atoms with Crippen molar-refractivity contribution in [3.05, 3.63) is 52.8 Å². The lowest BCUT2D eigenvalue weighted by atomic mass is 10.1. The van der Waals surface area contributed by atoms with Crippen molar-refractivity contribution in [3.63, 3.8) is 0 Å². The van der Waals surface area contributed by atoms with Crippen molar-refractivity contribution in [2.24, 2.45) is 12.8 Å². The highest BCUT2D eigenvalue weighted by Crippen LogP contribution is 2.08. The SMILES string of the molecule is Cc1cc(C(=O)NCc2ccccc2C#CCN)n(C)n1. The van der Waals surface area contributed by atoms with Crippen LogP contribution in [0.1, 0.15) is 27.3 Å². The van der Waals surface area contributed by atoms with Gasteiger partial charge in [0.15, 0.2) is 0 Å². The number of nitrogens with one attached hydrogen (secondary N) is 1. The number of nitrogens with zero attached hydrogens (tertiary/aromatic N) is 2. The summed E-state index contributed by atoms with van der Waals surface area (Å²) in [5.74, 6) is 5.68. The Kier molecular flexibility index (Phi) is 4.75. The number of hydrogen-bond donors (Lipinski definition) is 2. The molecular weight excluding hydrogens is 264 g/mol. The molecule has 0 saturated heterocycles. The lowest BCUT2D eigenvalue weighted by molar-refractivity contribution is 0.0941. The Morgan fingerprint density at radius 1 is 1.43 bits per heavy atom. The van der Waals surface area contributed by atoms with Crippen molar-refractivity contribution in [1.29, 1.82) is 0 Å². The van der Waals surface area contributed by atoms with Gasteiger partial charge in [0.05, 0.1) is 12.2 Å². The number of rotatable bonds is 3. The number of carbonyl (C=O) groups excluding carboxylic acids is 1. The Morgan fingerprint density at radius 3 is 2.86 bits per heavy atom. The monoisotopic (exact) mass is 282 g/mol. The summed E-state index contributed by atoms with van der Waals surface area (Å²) in [4.78, 5) is 12.1. The third-order valence-electron chi connectivity index (χ3n) is 3.02.